The van der Waals surface area contributed by atoms with E-state index in [2.05, 4.69) is 16.0 Å². The van der Waals surface area contributed by atoms with E-state index in [9.17, 15) is 18.8 Å². The smallest absolute Gasteiger partial charge is 0.337 e. The summed E-state index contributed by atoms with van der Waals surface area (Å²) in [5.41, 5.74) is 1.62. The summed E-state index contributed by atoms with van der Waals surface area (Å²) >= 11 is 0. The van der Waals surface area contributed by atoms with Crippen molar-refractivity contribution in [3.8, 4) is 11.5 Å². The molecule has 1 aliphatic rings. The molecule has 0 saturated carbocycles. The Bertz CT molecular complexity index is 1070. The molecule has 1 aliphatic heterocycles. The number of esters is 1. The second-order valence-corrected chi connectivity index (χ2v) is 6.82. The highest BCUT2D eigenvalue weighted by atomic mass is 19.1. The molecule has 9 nitrogen and oxygen atoms in total. The fourth-order valence-electron chi connectivity index (χ4n) is 3.18. The van der Waals surface area contributed by atoms with Crippen LogP contribution < -0.4 is 25.4 Å². The molecular formula is C22H22FN3O6. The summed E-state index contributed by atoms with van der Waals surface area (Å²) in [5.74, 6) is -0.858. The number of ether oxygens (including phenoxy) is 3. The Morgan fingerprint density at radius 2 is 1.81 bits per heavy atom. The van der Waals surface area contributed by atoms with E-state index in [0.29, 0.717) is 22.7 Å². The fraction of sp³-hybridized carbons (Fsp3) is 0.227. The molecule has 0 radical (unpaired) electrons. The Morgan fingerprint density at radius 1 is 1.09 bits per heavy atom. The zero-order valence-electron chi connectivity index (χ0n) is 17.7. The number of halogens is 1. The van der Waals surface area contributed by atoms with Crippen molar-refractivity contribution in [2.45, 2.75) is 13.0 Å². The van der Waals surface area contributed by atoms with Crippen LogP contribution in [0.4, 0.5) is 14.9 Å². The molecule has 2 aromatic carbocycles. The lowest BCUT2D eigenvalue weighted by atomic mass is 9.95. The maximum absolute atomic E-state index is 13.0. The van der Waals surface area contributed by atoms with Crippen LogP contribution in [0.1, 0.15) is 18.5 Å². The molecule has 0 fully saturated rings. The molecule has 3 rings (SSSR count). The predicted octanol–water partition coefficient (Wildman–Crippen LogP) is 2.65. The average molecular weight is 443 g/mol. The Morgan fingerprint density at radius 3 is 2.47 bits per heavy atom. The van der Waals surface area contributed by atoms with E-state index in [1.807, 2.05) is 0 Å². The van der Waals surface area contributed by atoms with Crippen molar-refractivity contribution in [3.05, 3.63) is 65.1 Å². The number of hydrogen-bond acceptors (Lipinski definition) is 6. The summed E-state index contributed by atoms with van der Waals surface area (Å²) < 4.78 is 28.7. The highest BCUT2D eigenvalue weighted by Gasteiger charge is 2.32. The van der Waals surface area contributed by atoms with E-state index in [1.165, 1.54) is 38.5 Å². The van der Waals surface area contributed by atoms with E-state index >= 15 is 0 Å². The van der Waals surface area contributed by atoms with E-state index in [4.69, 9.17) is 14.2 Å². The maximum Gasteiger partial charge on any atom is 0.337 e. The molecule has 0 bridgehead atoms. The van der Waals surface area contributed by atoms with Gasteiger partial charge in [-0.05, 0) is 48.9 Å². The van der Waals surface area contributed by atoms with Gasteiger partial charge in [0.1, 0.15) is 5.82 Å². The molecule has 1 atom stereocenters. The number of rotatable bonds is 7. The lowest BCUT2D eigenvalue weighted by Crippen LogP contribution is -2.45. The topological polar surface area (TPSA) is 115 Å². The third kappa shape index (κ3) is 5.15. The Balaban J connectivity index is 1.76. The van der Waals surface area contributed by atoms with Crippen molar-refractivity contribution < 1.29 is 33.0 Å². The van der Waals surface area contributed by atoms with Gasteiger partial charge in [0, 0.05) is 11.4 Å². The van der Waals surface area contributed by atoms with Gasteiger partial charge in [-0.15, -0.1) is 0 Å². The van der Waals surface area contributed by atoms with Crippen LogP contribution >= 0.6 is 0 Å². The lowest BCUT2D eigenvalue weighted by Gasteiger charge is -2.28. The van der Waals surface area contributed by atoms with Gasteiger partial charge in [-0.2, -0.15) is 0 Å². The number of methoxy groups -OCH3 is 2. The summed E-state index contributed by atoms with van der Waals surface area (Å²) in [4.78, 5) is 36.3. The number of amides is 3. The van der Waals surface area contributed by atoms with Crippen LogP contribution in [0.3, 0.4) is 0 Å². The number of carbonyl (C=O) groups excluding carboxylic acids is 3. The molecular weight excluding hydrogens is 421 g/mol. The van der Waals surface area contributed by atoms with Crippen molar-refractivity contribution in [1.82, 2.24) is 10.6 Å². The average Bonchev–Trinajstić information content (AvgIpc) is 2.78. The standard InChI is InChI=1S/C22H22FN3O6/c1-12-19(21(28)31-3)20(26-22(29)24-12)13-4-9-16(17(10-13)30-2)32-11-18(27)25-15-7-5-14(23)6-8-15/h4-10,20H,11H2,1-3H3,(H,25,27)(H2,24,26,29)/t20-/m0/s1. The van der Waals surface area contributed by atoms with E-state index in [0.717, 1.165) is 0 Å². The minimum absolute atomic E-state index is 0.251. The normalized spacial score (nSPS) is 15.4. The summed E-state index contributed by atoms with van der Waals surface area (Å²) in [6.45, 7) is 1.29. The molecule has 3 N–H and O–H groups in total. The first-order valence-corrected chi connectivity index (χ1v) is 9.55. The fourth-order valence-corrected chi connectivity index (χ4v) is 3.18. The van der Waals surface area contributed by atoms with Crippen LogP contribution in [-0.4, -0.2) is 38.7 Å². The first kappa shape index (κ1) is 22.6. The Labute approximate surface area is 183 Å². The number of urea groups is 1. The van der Waals surface area contributed by atoms with Crippen molar-refractivity contribution >= 4 is 23.6 Å². The van der Waals surface area contributed by atoms with Gasteiger partial charge >= 0.3 is 12.0 Å². The summed E-state index contributed by atoms with van der Waals surface area (Å²) in [6, 6.07) is 8.92. The van der Waals surface area contributed by atoms with Gasteiger partial charge in [0.05, 0.1) is 25.8 Å². The third-order valence-electron chi connectivity index (χ3n) is 4.68. The second-order valence-electron chi connectivity index (χ2n) is 6.82. The van der Waals surface area contributed by atoms with Gasteiger partial charge in [-0.3, -0.25) is 4.79 Å². The van der Waals surface area contributed by atoms with Gasteiger partial charge in [0.15, 0.2) is 18.1 Å². The van der Waals surface area contributed by atoms with E-state index < -0.39 is 29.8 Å². The third-order valence-corrected chi connectivity index (χ3v) is 4.68. The van der Waals surface area contributed by atoms with Gasteiger partial charge in [0.25, 0.3) is 5.91 Å². The maximum atomic E-state index is 13.0. The first-order chi connectivity index (χ1) is 15.3. The van der Waals surface area contributed by atoms with Crippen molar-refractivity contribution in [3.63, 3.8) is 0 Å². The number of carbonyl (C=O) groups is 3. The summed E-state index contributed by atoms with van der Waals surface area (Å²) in [5, 5.41) is 7.82. The zero-order valence-corrected chi connectivity index (χ0v) is 17.7. The minimum Gasteiger partial charge on any atom is -0.493 e. The number of benzene rings is 2. The Kier molecular flexibility index (Phi) is 6.93. The number of nitrogens with one attached hydrogen (secondary N) is 3. The van der Waals surface area contributed by atoms with Crippen LogP contribution in [0.5, 0.6) is 11.5 Å². The molecule has 0 unspecified atom stereocenters. The van der Waals surface area contributed by atoms with Crippen molar-refractivity contribution in [2.75, 3.05) is 26.1 Å². The van der Waals surface area contributed by atoms with Gasteiger partial charge < -0.3 is 30.2 Å². The quantitative estimate of drug-likeness (QED) is 0.567. The number of anilines is 1. The molecule has 2 aromatic rings. The molecule has 32 heavy (non-hydrogen) atoms. The van der Waals surface area contributed by atoms with Gasteiger partial charge in [-0.1, -0.05) is 6.07 Å². The SMILES string of the molecule is COC(=O)C1=C(C)NC(=O)N[C@H]1c1ccc(OCC(=O)Nc2ccc(F)cc2)c(OC)c1. The molecule has 168 valence electrons. The monoisotopic (exact) mass is 443 g/mol. The van der Waals surface area contributed by atoms with Gasteiger partial charge in [0.2, 0.25) is 0 Å². The Hall–Kier alpha value is -4.08. The first-order valence-electron chi connectivity index (χ1n) is 9.55. The van der Waals surface area contributed by atoms with Crippen molar-refractivity contribution in [1.29, 1.82) is 0 Å². The largest absolute Gasteiger partial charge is 0.493 e. The highest BCUT2D eigenvalue weighted by molar-refractivity contribution is 5.95. The number of hydrogen-bond donors (Lipinski definition) is 3. The van der Waals surface area contributed by atoms with Crippen LogP contribution in [-0.2, 0) is 14.3 Å². The van der Waals surface area contributed by atoms with Crippen LogP contribution in [0.25, 0.3) is 0 Å². The molecule has 0 aromatic heterocycles. The molecule has 0 spiro atoms. The minimum atomic E-state index is -0.763. The number of allylic oxidation sites excluding steroid dienone is 1. The highest BCUT2D eigenvalue weighted by Crippen LogP contribution is 2.34. The predicted molar refractivity (Wildman–Crippen MR) is 113 cm³/mol. The molecule has 10 heteroatoms. The molecule has 0 aliphatic carbocycles. The van der Waals surface area contributed by atoms with E-state index in [-0.39, 0.29) is 17.9 Å². The van der Waals surface area contributed by atoms with Crippen LogP contribution in [0, 0.1) is 5.82 Å². The lowest BCUT2D eigenvalue weighted by molar-refractivity contribution is -0.136. The summed E-state index contributed by atoms with van der Waals surface area (Å²) in [7, 11) is 2.68. The van der Waals surface area contributed by atoms with Crippen LogP contribution in [0.2, 0.25) is 0 Å². The summed E-state index contributed by atoms with van der Waals surface area (Å²) in [6.07, 6.45) is 0. The zero-order chi connectivity index (χ0) is 23.3. The van der Waals surface area contributed by atoms with Crippen LogP contribution in [0.15, 0.2) is 53.7 Å². The van der Waals surface area contributed by atoms with Gasteiger partial charge in [-0.25, -0.2) is 14.0 Å². The molecule has 0 saturated heterocycles. The second kappa shape index (κ2) is 9.82. The van der Waals surface area contributed by atoms with Crippen molar-refractivity contribution in [2.24, 2.45) is 0 Å². The molecule has 3 amide bonds. The molecule has 1 heterocycles. The van der Waals surface area contributed by atoms with E-state index in [1.54, 1.807) is 25.1 Å².